The Kier molecular flexibility index (Phi) is 3.97. The van der Waals surface area contributed by atoms with Crippen LogP contribution in [0.25, 0.3) is 0 Å². The average molecular weight is 322 g/mol. The van der Waals surface area contributed by atoms with Gasteiger partial charge in [-0.3, -0.25) is 4.79 Å². The van der Waals surface area contributed by atoms with E-state index in [4.69, 9.17) is 4.74 Å². The molecule has 130 valence electrons. The normalized spacial score (nSPS) is 42.4. The number of esters is 1. The average Bonchev–Trinajstić information content (AvgIpc) is 2.44. The second-order valence-corrected chi connectivity index (χ2v) is 9.45. The van der Waals surface area contributed by atoms with Crippen LogP contribution in [0.3, 0.4) is 0 Å². The number of alkyl halides is 1. The van der Waals surface area contributed by atoms with Gasteiger partial charge in [-0.25, -0.2) is 0 Å². The van der Waals surface area contributed by atoms with Crippen LogP contribution in [0.1, 0.15) is 84.0 Å². The van der Waals surface area contributed by atoms with E-state index in [1.54, 1.807) is 0 Å². The summed E-state index contributed by atoms with van der Waals surface area (Å²) in [7, 11) is 0. The molecule has 2 nitrogen and oxygen atoms in total. The molecule has 5 saturated carbocycles. The first-order valence-corrected chi connectivity index (χ1v) is 9.85. The van der Waals surface area contributed by atoms with E-state index in [0.717, 1.165) is 43.4 Å². The molecule has 5 aliphatic rings. The molecule has 1 unspecified atom stereocenters. The van der Waals surface area contributed by atoms with Crippen LogP contribution in [0, 0.1) is 29.1 Å². The highest BCUT2D eigenvalue weighted by Gasteiger charge is 2.54. The Hall–Kier alpha value is -0.600. The third-order valence-electron chi connectivity index (χ3n) is 7.11. The smallest absolute Gasteiger partial charge is 0.311 e. The lowest BCUT2D eigenvalue weighted by atomic mass is 9.48. The number of carbonyl (C=O) groups excluding carboxylic acids is 1. The molecule has 0 saturated heterocycles. The Morgan fingerprint density at radius 1 is 1.04 bits per heavy atom. The maximum atomic E-state index is 15.2. The number of rotatable bonds is 4. The molecule has 0 heterocycles. The first-order chi connectivity index (χ1) is 10.9. The number of hydrogen-bond donors (Lipinski definition) is 0. The van der Waals surface area contributed by atoms with Crippen LogP contribution in [-0.4, -0.2) is 11.8 Å². The molecule has 0 aromatic rings. The molecule has 0 radical (unpaired) electrons. The maximum Gasteiger partial charge on any atom is 0.311 e. The first-order valence-electron chi connectivity index (χ1n) is 9.85. The van der Waals surface area contributed by atoms with Gasteiger partial charge in [0.05, 0.1) is 5.92 Å². The van der Waals surface area contributed by atoms with Gasteiger partial charge in [-0.15, -0.1) is 0 Å². The Balaban J connectivity index is 1.40. The Bertz CT molecular complexity index is 429. The molecule has 5 fully saturated rings. The van der Waals surface area contributed by atoms with Crippen molar-refractivity contribution < 1.29 is 13.9 Å². The zero-order valence-electron chi connectivity index (χ0n) is 14.5. The Morgan fingerprint density at radius 3 is 2.09 bits per heavy atom. The van der Waals surface area contributed by atoms with Gasteiger partial charge in [0, 0.05) is 13.3 Å². The minimum absolute atomic E-state index is 0.0600. The summed E-state index contributed by atoms with van der Waals surface area (Å²) in [6.45, 7) is 1.51. The van der Waals surface area contributed by atoms with E-state index in [-0.39, 0.29) is 17.3 Å². The number of halogens is 1. The third-order valence-corrected chi connectivity index (χ3v) is 7.11. The van der Waals surface area contributed by atoms with Crippen molar-refractivity contribution in [1.82, 2.24) is 0 Å². The zero-order chi connectivity index (χ0) is 16.1. The molecule has 5 rings (SSSR count). The Morgan fingerprint density at radius 2 is 1.57 bits per heavy atom. The van der Waals surface area contributed by atoms with Crippen LogP contribution in [0.15, 0.2) is 0 Å². The van der Waals surface area contributed by atoms with Crippen LogP contribution in [-0.2, 0) is 9.53 Å². The second kappa shape index (κ2) is 5.74. The molecule has 1 atom stereocenters. The SMILES string of the molecule is CC(F)(CC12CC3CC(CC(C3)C1)C2)OC(=O)C1CCCCC1. The van der Waals surface area contributed by atoms with Crippen LogP contribution < -0.4 is 0 Å². The second-order valence-electron chi connectivity index (χ2n) is 9.45. The van der Waals surface area contributed by atoms with Gasteiger partial charge < -0.3 is 4.74 Å². The number of carbonyl (C=O) groups is 1. The minimum Gasteiger partial charge on any atom is -0.429 e. The molecule has 3 heteroatoms. The van der Waals surface area contributed by atoms with E-state index in [1.165, 1.54) is 51.9 Å². The van der Waals surface area contributed by atoms with E-state index in [9.17, 15) is 4.79 Å². The summed E-state index contributed by atoms with van der Waals surface area (Å²) < 4.78 is 20.6. The fourth-order valence-corrected chi connectivity index (χ4v) is 6.84. The molecule has 0 aromatic heterocycles. The highest BCUT2D eigenvalue weighted by atomic mass is 19.2. The van der Waals surface area contributed by atoms with Crippen LogP contribution in [0.5, 0.6) is 0 Å². The molecule has 4 bridgehead atoms. The van der Waals surface area contributed by atoms with Crippen molar-refractivity contribution in [2.24, 2.45) is 29.1 Å². The van der Waals surface area contributed by atoms with Gasteiger partial charge in [0.2, 0.25) is 5.85 Å². The van der Waals surface area contributed by atoms with Crippen molar-refractivity contribution in [3.63, 3.8) is 0 Å². The van der Waals surface area contributed by atoms with Crippen molar-refractivity contribution in [3.8, 4) is 0 Å². The number of hydrogen-bond acceptors (Lipinski definition) is 2. The topological polar surface area (TPSA) is 26.3 Å². The van der Waals surface area contributed by atoms with Crippen LogP contribution in [0.2, 0.25) is 0 Å². The van der Waals surface area contributed by atoms with Crippen molar-refractivity contribution in [3.05, 3.63) is 0 Å². The van der Waals surface area contributed by atoms with Crippen molar-refractivity contribution >= 4 is 5.97 Å². The molecule has 0 N–H and O–H groups in total. The predicted octanol–water partition coefficient (Wildman–Crippen LogP) is 5.40. The minimum atomic E-state index is -1.78. The maximum absolute atomic E-state index is 15.2. The lowest BCUT2D eigenvalue weighted by Crippen LogP contribution is -2.49. The fourth-order valence-electron chi connectivity index (χ4n) is 6.84. The molecule has 0 amide bonds. The third kappa shape index (κ3) is 3.30. The van der Waals surface area contributed by atoms with Crippen molar-refractivity contribution in [1.29, 1.82) is 0 Å². The van der Waals surface area contributed by atoms with E-state index in [1.807, 2.05) is 0 Å². The van der Waals surface area contributed by atoms with Crippen molar-refractivity contribution in [2.75, 3.05) is 0 Å². The van der Waals surface area contributed by atoms with E-state index in [0.29, 0.717) is 6.42 Å². The largest absolute Gasteiger partial charge is 0.429 e. The van der Waals surface area contributed by atoms with Gasteiger partial charge in [0.25, 0.3) is 0 Å². The molecule has 23 heavy (non-hydrogen) atoms. The monoisotopic (exact) mass is 322 g/mol. The van der Waals surface area contributed by atoms with Gasteiger partial charge in [0.1, 0.15) is 0 Å². The highest BCUT2D eigenvalue weighted by Crippen LogP contribution is 2.62. The lowest BCUT2D eigenvalue weighted by molar-refractivity contribution is -0.200. The summed E-state index contributed by atoms with van der Waals surface area (Å²) in [5.41, 5.74) is 0.116. The summed E-state index contributed by atoms with van der Waals surface area (Å²) in [5.74, 6) is 0.318. The van der Waals surface area contributed by atoms with E-state index >= 15 is 4.39 Å². The van der Waals surface area contributed by atoms with Gasteiger partial charge in [-0.2, -0.15) is 4.39 Å². The molecule has 0 aliphatic heterocycles. The molecule has 0 spiro atoms. The van der Waals surface area contributed by atoms with Crippen LogP contribution in [0.4, 0.5) is 4.39 Å². The molecular formula is C20H31FO2. The van der Waals surface area contributed by atoms with E-state index in [2.05, 4.69) is 0 Å². The molecule has 5 aliphatic carbocycles. The van der Waals surface area contributed by atoms with Gasteiger partial charge in [-0.1, -0.05) is 19.3 Å². The van der Waals surface area contributed by atoms with Crippen molar-refractivity contribution in [2.45, 2.75) is 89.8 Å². The van der Waals surface area contributed by atoms with Gasteiger partial charge >= 0.3 is 5.97 Å². The Labute approximate surface area is 139 Å². The summed E-state index contributed by atoms with van der Waals surface area (Å²) in [6.07, 6.45) is 13.1. The number of ether oxygens (including phenoxy) is 1. The standard InChI is InChI=1S/C20H31FO2/c1-19(21,23-18(22)17-5-3-2-4-6-17)13-20-10-14-7-15(11-20)9-16(8-14)12-20/h14-17H,2-13H2,1H3. The predicted molar refractivity (Wildman–Crippen MR) is 87.4 cm³/mol. The fraction of sp³-hybridized carbons (Fsp3) is 0.950. The van der Waals surface area contributed by atoms with E-state index < -0.39 is 5.85 Å². The summed E-state index contributed by atoms with van der Waals surface area (Å²) in [4.78, 5) is 12.3. The molecule has 0 aromatic carbocycles. The summed E-state index contributed by atoms with van der Waals surface area (Å²) in [6, 6.07) is 0. The van der Waals surface area contributed by atoms with Gasteiger partial charge in [0.15, 0.2) is 0 Å². The van der Waals surface area contributed by atoms with Gasteiger partial charge in [-0.05, 0) is 74.5 Å². The zero-order valence-corrected chi connectivity index (χ0v) is 14.5. The lowest BCUT2D eigenvalue weighted by Gasteiger charge is -2.57. The first kappa shape index (κ1) is 15.9. The summed E-state index contributed by atoms with van der Waals surface area (Å²) in [5, 5.41) is 0. The summed E-state index contributed by atoms with van der Waals surface area (Å²) >= 11 is 0. The molecular weight excluding hydrogens is 291 g/mol. The highest BCUT2D eigenvalue weighted by molar-refractivity contribution is 5.72. The van der Waals surface area contributed by atoms with Crippen LogP contribution >= 0.6 is 0 Å². The quantitative estimate of drug-likeness (QED) is 0.648.